The zero-order chi connectivity index (χ0) is 24.7. The highest BCUT2D eigenvalue weighted by Crippen LogP contribution is 2.20. The number of nitrogens with one attached hydrogen (secondary N) is 4. The van der Waals surface area contributed by atoms with Gasteiger partial charge in [-0.1, -0.05) is 0 Å². The van der Waals surface area contributed by atoms with Crippen LogP contribution in [0.4, 0.5) is 0 Å². The predicted molar refractivity (Wildman–Crippen MR) is 116 cm³/mol. The molecule has 4 unspecified atom stereocenters. The van der Waals surface area contributed by atoms with Gasteiger partial charge in [-0.05, 0) is 38.6 Å². The number of hydrogen-bond acceptors (Lipinski definition) is 7. The van der Waals surface area contributed by atoms with Crippen LogP contribution in [0.5, 0.6) is 0 Å². The van der Waals surface area contributed by atoms with E-state index in [0.29, 0.717) is 25.1 Å². The van der Waals surface area contributed by atoms with Gasteiger partial charge in [0.25, 0.3) is 0 Å². The van der Waals surface area contributed by atoms with Crippen molar-refractivity contribution >= 4 is 29.7 Å². The number of rotatable bonds is 11. The molecule has 0 saturated carbocycles. The first-order valence-corrected chi connectivity index (χ1v) is 11.3. The molecule has 2 fully saturated rings. The number of aliphatic carboxylic acids is 2. The minimum atomic E-state index is -1.24. The van der Waals surface area contributed by atoms with E-state index in [0.717, 1.165) is 6.42 Å². The maximum atomic E-state index is 13.2. The van der Waals surface area contributed by atoms with E-state index in [4.69, 9.17) is 5.11 Å². The number of amides is 3. The molecule has 0 spiro atoms. The summed E-state index contributed by atoms with van der Waals surface area (Å²) >= 11 is 0. The predicted octanol–water partition coefficient (Wildman–Crippen LogP) is -1.39. The molecule has 2 aliphatic rings. The number of carbonyl (C=O) groups excluding carboxylic acids is 3. The Balaban J connectivity index is 1.75. The Morgan fingerprint density at radius 2 is 1.91 bits per heavy atom. The molecule has 0 bridgehead atoms. The summed E-state index contributed by atoms with van der Waals surface area (Å²) in [5.41, 5.74) is 0.582. The number of aromatic amines is 1. The molecule has 34 heavy (non-hydrogen) atoms. The van der Waals surface area contributed by atoms with E-state index < -0.39 is 54.3 Å². The summed E-state index contributed by atoms with van der Waals surface area (Å²) in [6, 6.07) is -3.74. The van der Waals surface area contributed by atoms with Crippen molar-refractivity contribution in [3.05, 3.63) is 18.2 Å². The van der Waals surface area contributed by atoms with Crippen LogP contribution in [0.25, 0.3) is 0 Å². The first-order valence-electron chi connectivity index (χ1n) is 11.3. The van der Waals surface area contributed by atoms with E-state index in [-0.39, 0.29) is 31.7 Å². The van der Waals surface area contributed by atoms with Gasteiger partial charge in [-0.25, -0.2) is 9.78 Å². The van der Waals surface area contributed by atoms with Crippen molar-refractivity contribution in [3.63, 3.8) is 0 Å². The van der Waals surface area contributed by atoms with Gasteiger partial charge in [-0.3, -0.25) is 19.2 Å². The maximum absolute atomic E-state index is 13.2. The summed E-state index contributed by atoms with van der Waals surface area (Å²) in [4.78, 5) is 69.6. The molecule has 0 radical (unpaired) electrons. The van der Waals surface area contributed by atoms with Crippen molar-refractivity contribution in [2.45, 2.75) is 69.1 Å². The van der Waals surface area contributed by atoms with Crippen molar-refractivity contribution in [1.29, 1.82) is 0 Å². The van der Waals surface area contributed by atoms with Crippen molar-refractivity contribution in [1.82, 2.24) is 30.8 Å². The average molecular weight is 479 g/mol. The molecular weight excluding hydrogens is 448 g/mol. The third-order valence-electron chi connectivity index (χ3n) is 6.07. The lowest BCUT2D eigenvalue weighted by atomic mass is 10.1. The topological polar surface area (TPSA) is 194 Å². The molecule has 1 aromatic rings. The maximum Gasteiger partial charge on any atom is 0.326 e. The van der Waals surface area contributed by atoms with Crippen LogP contribution in [-0.4, -0.2) is 92.0 Å². The summed E-state index contributed by atoms with van der Waals surface area (Å²) in [5, 5.41) is 26.8. The number of H-pyrrole nitrogens is 1. The Morgan fingerprint density at radius 1 is 1.12 bits per heavy atom. The molecule has 186 valence electrons. The van der Waals surface area contributed by atoms with Gasteiger partial charge in [-0.2, -0.15) is 0 Å². The van der Waals surface area contributed by atoms with Gasteiger partial charge in [-0.15, -0.1) is 0 Å². The standard InChI is InChI=1S/C21H30N6O7/c28-17(29)6-5-14(20(32)27-8-2-4-16(27)21(33)34)25-19(31)15(9-12-10-22-11-24-12)26-18(30)13-3-1-7-23-13/h10-11,13-16,23H,1-9H2,(H,22,24)(H,25,31)(H,26,30)(H,28,29)(H,33,34). The molecule has 0 aliphatic carbocycles. The molecule has 3 amide bonds. The van der Waals surface area contributed by atoms with Crippen LogP contribution >= 0.6 is 0 Å². The average Bonchev–Trinajstić information content (AvgIpc) is 3.57. The number of aromatic nitrogens is 2. The minimum absolute atomic E-state index is 0.0750. The van der Waals surface area contributed by atoms with Crippen LogP contribution in [0.3, 0.4) is 0 Å². The molecule has 2 aliphatic heterocycles. The number of imidazole rings is 1. The Bertz CT molecular complexity index is 899. The van der Waals surface area contributed by atoms with Crippen LogP contribution in [-0.2, 0) is 30.4 Å². The van der Waals surface area contributed by atoms with E-state index in [9.17, 15) is 29.1 Å². The number of likely N-dealkylation sites (tertiary alicyclic amines) is 1. The van der Waals surface area contributed by atoms with E-state index in [1.165, 1.54) is 17.4 Å². The number of hydrogen-bond donors (Lipinski definition) is 6. The largest absolute Gasteiger partial charge is 0.481 e. The minimum Gasteiger partial charge on any atom is -0.481 e. The molecule has 2 saturated heterocycles. The molecule has 4 atom stereocenters. The fourth-order valence-electron chi connectivity index (χ4n) is 4.29. The van der Waals surface area contributed by atoms with Crippen LogP contribution in [0, 0.1) is 0 Å². The second-order valence-corrected chi connectivity index (χ2v) is 8.51. The van der Waals surface area contributed by atoms with Crippen LogP contribution in [0.2, 0.25) is 0 Å². The normalized spacial score (nSPS) is 21.6. The van der Waals surface area contributed by atoms with Crippen molar-refractivity contribution < 1.29 is 34.2 Å². The summed E-state index contributed by atoms with van der Waals surface area (Å²) in [7, 11) is 0. The van der Waals surface area contributed by atoms with Gasteiger partial charge in [0.05, 0.1) is 12.4 Å². The van der Waals surface area contributed by atoms with Gasteiger partial charge in [0.1, 0.15) is 18.1 Å². The van der Waals surface area contributed by atoms with Crippen LogP contribution < -0.4 is 16.0 Å². The van der Waals surface area contributed by atoms with Crippen molar-refractivity contribution in [2.24, 2.45) is 0 Å². The second-order valence-electron chi connectivity index (χ2n) is 8.51. The SMILES string of the molecule is O=C(O)CCC(NC(=O)C(Cc1cnc[nH]1)NC(=O)C1CCCN1)C(=O)N1CCCC1C(=O)O. The van der Waals surface area contributed by atoms with E-state index in [1.54, 1.807) is 0 Å². The van der Waals surface area contributed by atoms with Gasteiger partial charge in [0.2, 0.25) is 17.7 Å². The van der Waals surface area contributed by atoms with Crippen LogP contribution in [0.1, 0.15) is 44.2 Å². The molecule has 13 nitrogen and oxygen atoms in total. The highest BCUT2D eigenvalue weighted by Gasteiger charge is 2.38. The van der Waals surface area contributed by atoms with Crippen molar-refractivity contribution in [3.8, 4) is 0 Å². The summed E-state index contributed by atoms with van der Waals surface area (Å²) < 4.78 is 0. The Hall–Kier alpha value is -3.48. The zero-order valence-electron chi connectivity index (χ0n) is 18.7. The van der Waals surface area contributed by atoms with E-state index in [1.807, 2.05) is 0 Å². The Labute approximate surface area is 195 Å². The summed E-state index contributed by atoms with van der Waals surface area (Å²) in [6.07, 6.45) is 4.66. The molecule has 13 heteroatoms. The lowest BCUT2D eigenvalue weighted by molar-refractivity contribution is -0.150. The summed E-state index contributed by atoms with van der Waals surface area (Å²) in [6.45, 7) is 0.902. The van der Waals surface area contributed by atoms with Gasteiger partial charge < -0.3 is 36.0 Å². The third-order valence-corrected chi connectivity index (χ3v) is 6.07. The monoisotopic (exact) mass is 478 g/mol. The lowest BCUT2D eigenvalue weighted by Gasteiger charge is -2.28. The lowest BCUT2D eigenvalue weighted by Crippen LogP contribution is -2.57. The quantitative estimate of drug-likeness (QED) is 0.222. The third kappa shape index (κ3) is 6.53. The zero-order valence-corrected chi connectivity index (χ0v) is 18.7. The van der Waals surface area contributed by atoms with Gasteiger partial charge >= 0.3 is 11.9 Å². The Morgan fingerprint density at radius 3 is 2.53 bits per heavy atom. The molecule has 1 aromatic heterocycles. The first-order chi connectivity index (χ1) is 16.3. The Kier molecular flexibility index (Phi) is 8.57. The van der Waals surface area contributed by atoms with E-state index in [2.05, 4.69) is 25.9 Å². The van der Waals surface area contributed by atoms with Gasteiger partial charge in [0, 0.05) is 31.3 Å². The van der Waals surface area contributed by atoms with Crippen LogP contribution in [0.15, 0.2) is 12.5 Å². The van der Waals surface area contributed by atoms with Crippen molar-refractivity contribution in [2.75, 3.05) is 13.1 Å². The summed E-state index contributed by atoms with van der Waals surface area (Å²) in [5.74, 6) is -3.98. The molecule has 3 rings (SSSR count). The number of nitrogens with zero attached hydrogens (tertiary/aromatic N) is 2. The fourth-order valence-corrected chi connectivity index (χ4v) is 4.29. The fraction of sp³-hybridized carbons (Fsp3) is 0.619. The molecular formula is C21H30N6O7. The number of carboxylic acids is 2. The molecule has 3 heterocycles. The molecule has 6 N–H and O–H groups in total. The highest BCUT2D eigenvalue weighted by molar-refractivity contribution is 5.94. The second kappa shape index (κ2) is 11.6. The smallest absolute Gasteiger partial charge is 0.326 e. The first kappa shape index (κ1) is 25.1. The molecule has 0 aromatic carbocycles. The highest BCUT2D eigenvalue weighted by atomic mass is 16.4. The van der Waals surface area contributed by atoms with E-state index >= 15 is 0 Å². The number of carbonyl (C=O) groups is 5. The number of carboxylic acid groups (broad SMARTS) is 2. The van der Waals surface area contributed by atoms with Gasteiger partial charge in [0.15, 0.2) is 0 Å².